The molecule has 22 heavy (non-hydrogen) atoms. The lowest BCUT2D eigenvalue weighted by molar-refractivity contribution is 0.0698. The fraction of sp³-hybridized carbons (Fsp3) is 0.0625. The van der Waals surface area contributed by atoms with Crippen molar-refractivity contribution in [3.63, 3.8) is 0 Å². The molecule has 0 atom stereocenters. The van der Waals surface area contributed by atoms with Crippen molar-refractivity contribution in [2.75, 3.05) is 5.32 Å². The molecule has 0 aliphatic rings. The van der Waals surface area contributed by atoms with E-state index in [9.17, 15) is 14.7 Å². The van der Waals surface area contributed by atoms with Gasteiger partial charge < -0.3 is 15.0 Å². The second kappa shape index (κ2) is 5.33. The zero-order valence-corrected chi connectivity index (χ0v) is 11.8. The third kappa shape index (κ3) is 2.42. The van der Waals surface area contributed by atoms with E-state index in [-0.39, 0.29) is 11.5 Å². The maximum atomic E-state index is 12.2. The second-order valence-corrected chi connectivity index (χ2v) is 4.87. The number of aryl methyl sites for hydroxylation is 1. The predicted octanol–water partition coefficient (Wildman–Crippen LogP) is 2.52. The molecule has 0 unspecified atom stereocenters. The van der Waals surface area contributed by atoms with E-state index in [1.807, 2.05) is 6.07 Å². The lowest BCUT2D eigenvalue weighted by atomic mass is 10.1. The molecular weight excluding hydrogens is 282 g/mol. The summed E-state index contributed by atoms with van der Waals surface area (Å²) in [5.74, 6) is -1.36. The number of imidazole rings is 1. The average molecular weight is 295 g/mol. The van der Waals surface area contributed by atoms with Crippen molar-refractivity contribution in [2.45, 2.75) is 0 Å². The van der Waals surface area contributed by atoms with Gasteiger partial charge in [0.15, 0.2) is 0 Å². The first-order chi connectivity index (χ1) is 10.6. The Morgan fingerprint density at radius 1 is 1.18 bits per heavy atom. The van der Waals surface area contributed by atoms with Crippen molar-refractivity contribution < 1.29 is 14.7 Å². The van der Waals surface area contributed by atoms with Crippen molar-refractivity contribution in [2.24, 2.45) is 7.05 Å². The Labute approximate surface area is 126 Å². The molecule has 0 aliphatic carbocycles. The quantitative estimate of drug-likeness (QED) is 0.777. The summed E-state index contributed by atoms with van der Waals surface area (Å²) in [4.78, 5) is 27.7. The topological polar surface area (TPSA) is 84.2 Å². The van der Waals surface area contributed by atoms with E-state index in [0.717, 1.165) is 0 Å². The van der Waals surface area contributed by atoms with Gasteiger partial charge in [-0.1, -0.05) is 18.2 Å². The molecule has 1 heterocycles. The molecule has 6 nitrogen and oxygen atoms in total. The highest BCUT2D eigenvalue weighted by Crippen LogP contribution is 2.23. The number of carbonyl (C=O) groups excluding carboxylic acids is 1. The first-order valence-corrected chi connectivity index (χ1v) is 6.61. The van der Waals surface area contributed by atoms with Gasteiger partial charge in [0.05, 0.1) is 22.9 Å². The molecule has 0 aliphatic heterocycles. The summed E-state index contributed by atoms with van der Waals surface area (Å²) in [7, 11) is 1.73. The van der Waals surface area contributed by atoms with Crippen molar-refractivity contribution in [1.82, 2.24) is 9.55 Å². The number of benzene rings is 2. The monoisotopic (exact) mass is 295 g/mol. The van der Waals surface area contributed by atoms with Gasteiger partial charge in [-0.2, -0.15) is 0 Å². The molecule has 0 fully saturated rings. The van der Waals surface area contributed by atoms with Gasteiger partial charge in [-0.15, -0.1) is 0 Å². The van der Waals surface area contributed by atoms with Gasteiger partial charge in [-0.25, -0.2) is 9.78 Å². The number of carboxylic acids is 1. The number of rotatable bonds is 3. The summed E-state index contributed by atoms with van der Waals surface area (Å²) in [5, 5.41) is 12.1. The molecule has 0 radical (unpaired) electrons. The van der Waals surface area contributed by atoms with Crippen LogP contribution >= 0.6 is 0 Å². The van der Waals surface area contributed by atoms with Gasteiger partial charge in [-0.3, -0.25) is 4.79 Å². The Hall–Kier alpha value is -3.15. The van der Waals surface area contributed by atoms with Crippen molar-refractivity contribution in [3.8, 4) is 0 Å². The Balaban J connectivity index is 2.01. The summed E-state index contributed by atoms with van der Waals surface area (Å²) in [5.41, 5.74) is 2.04. The number of nitrogens with zero attached hydrogens (tertiary/aromatic N) is 2. The van der Waals surface area contributed by atoms with E-state index < -0.39 is 5.97 Å². The summed E-state index contributed by atoms with van der Waals surface area (Å²) in [6, 6.07) is 11.8. The van der Waals surface area contributed by atoms with Crippen molar-refractivity contribution >= 4 is 28.6 Å². The van der Waals surface area contributed by atoms with Crippen molar-refractivity contribution in [1.29, 1.82) is 0 Å². The molecule has 0 spiro atoms. The highest BCUT2D eigenvalue weighted by atomic mass is 16.4. The molecule has 1 aromatic heterocycles. The highest BCUT2D eigenvalue weighted by Gasteiger charge is 2.15. The number of fused-ring (bicyclic) bond motifs is 1. The standard InChI is InChI=1S/C16H13N3O3/c1-19-9-17-13-8-11(7-12(14(13)19)16(21)22)18-15(20)10-5-3-2-4-6-10/h2-9H,1H3,(H,18,20)(H,21,22). The second-order valence-electron chi connectivity index (χ2n) is 4.87. The number of amides is 1. The Morgan fingerprint density at radius 3 is 2.59 bits per heavy atom. The lowest BCUT2D eigenvalue weighted by Crippen LogP contribution is -2.12. The molecule has 6 heteroatoms. The number of nitrogens with one attached hydrogen (secondary N) is 1. The van der Waals surface area contributed by atoms with E-state index in [1.165, 1.54) is 6.07 Å². The minimum atomic E-state index is -1.07. The van der Waals surface area contributed by atoms with Crippen LogP contribution in [0.1, 0.15) is 20.7 Å². The van der Waals surface area contributed by atoms with Crippen LogP contribution in [-0.2, 0) is 7.05 Å². The largest absolute Gasteiger partial charge is 0.478 e. The van der Waals surface area contributed by atoms with Gasteiger partial charge in [-0.05, 0) is 24.3 Å². The fourth-order valence-electron chi connectivity index (χ4n) is 2.32. The van der Waals surface area contributed by atoms with Gasteiger partial charge in [0, 0.05) is 18.3 Å². The van der Waals surface area contributed by atoms with E-state index in [0.29, 0.717) is 22.3 Å². The van der Waals surface area contributed by atoms with Crippen LogP contribution in [-0.4, -0.2) is 26.5 Å². The minimum Gasteiger partial charge on any atom is -0.478 e. The summed E-state index contributed by atoms with van der Waals surface area (Å²) in [6.07, 6.45) is 1.54. The summed E-state index contributed by atoms with van der Waals surface area (Å²) < 4.78 is 1.64. The van der Waals surface area contributed by atoms with Crippen LogP contribution in [0.3, 0.4) is 0 Å². The van der Waals surface area contributed by atoms with Crippen LogP contribution in [0.2, 0.25) is 0 Å². The highest BCUT2D eigenvalue weighted by molar-refractivity contribution is 6.08. The SMILES string of the molecule is Cn1cnc2cc(NC(=O)c3ccccc3)cc(C(=O)O)c21. The van der Waals surface area contributed by atoms with Crippen LogP contribution in [0.15, 0.2) is 48.8 Å². The number of anilines is 1. The van der Waals surface area contributed by atoms with Crippen LogP contribution in [0.25, 0.3) is 11.0 Å². The zero-order chi connectivity index (χ0) is 15.7. The van der Waals surface area contributed by atoms with E-state index in [2.05, 4.69) is 10.3 Å². The first kappa shape index (κ1) is 13.8. The molecule has 2 N–H and O–H groups in total. The fourth-order valence-corrected chi connectivity index (χ4v) is 2.32. The van der Waals surface area contributed by atoms with Crippen LogP contribution in [0, 0.1) is 0 Å². The van der Waals surface area contributed by atoms with E-state index in [4.69, 9.17) is 0 Å². The predicted molar refractivity (Wildman–Crippen MR) is 82.1 cm³/mol. The molecule has 2 aromatic carbocycles. The van der Waals surface area contributed by atoms with Gasteiger partial charge in [0.1, 0.15) is 0 Å². The number of carboxylic acid groups (broad SMARTS) is 1. The maximum absolute atomic E-state index is 12.2. The molecule has 110 valence electrons. The van der Waals surface area contributed by atoms with E-state index in [1.54, 1.807) is 48.3 Å². The van der Waals surface area contributed by atoms with Crippen LogP contribution in [0.4, 0.5) is 5.69 Å². The summed E-state index contributed by atoms with van der Waals surface area (Å²) in [6.45, 7) is 0. The molecule has 1 amide bonds. The molecule has 0 saturated carbocycles. The first-order valence-electron chi connectivity index (χ1n) is 6.61. The Kier molecular flexibility index (Phi) is 3.34. The third-order valence-corrected chi connectivity index (χ3v) is 3.34. The Bertz CT molecular complexity index is 869. The number of aromatic carboxylic acids is 1. The normalized spacial score (nSPS) is 10.6. The van der Waals surface area contributed by atoms with E-state index >= 15 is 0 Å². The smallest absolute Gasteiger partial charge is 0.337 e. The molecular formula is C16H13N3O3. The minimum absolute atomic E-state index is 0.0980. The third-order valence-electron chi connectivity index (χ3n) is 3.34. The molecule has 0 saturated heterocycles. The lowest BCUT2D eigenvalue weighted by Gasteiger charge is -2.08. The maximum Gasteiger partial charge on any atom is 0.337 e. The molecule has 3 aromatic rings. The zero-order valence-electron chi connectivity index (χ0n) is 11.8. The average Bonchev–Trinajstić information content (AvgIpc) is 2.88. The van der Waals surface area contributed by atoms with Gasteiger partial charge >= 0.3 is 5.97 Å². The van der Waals surface area contributed by atoms with Crippen LogP contribution < -0.4 is 5.32 Å². The number of aromatic nitrogens is 2. The number of hydrogen-bond donors (Lipinski definition) is 2. The number of carbonyl (C=O) groups is 2. The number of hydrogen-bond acceptors (Lipinski definition) is 3. The van der Waals surface area contributed by atoms with Crippen LogP contribution in [0.5, 0.6) is 0 Å². The van der Waals surface area contributed by atoms with Gasteiger partial charge in [0.2, 0.25) is 0 Å². The van der Waals surface area contributed by atoms with Crippen molar-refractivity contribution in [3.05, 3.63) is 59.9 Å². The molecule has 3 rings (SSSR count). The summed E-state index contributed by atoms with van der Waals surface area (Å²) >= 11 is 0. The Morgan fingerprint density at radius 2 is 1.91 bits per heavy atom. The van der Waals surface area contributed by atoms with Gasteiger partial charge in [0.25, 0.3) is 5.91 Å². The molecule has 0 bridgehead atoms.